The maximum absolute atomic E-state index is 12.3. The van der Waals surface area contributed by atoms with E-state index in [0.717, 1.165) is 17.7 Å². The van der Waals surface area contributed by atoms with Gasteiger partial charge in [-0.05, 0) is 64.3 Å². The third kappa shape index (κ3) is 4.28. The standard InChI is InChI=1S/C28H25NO/c30-28(18-20-6-2-1-3-7-20)29-26-14-12-23(13-15-26)27-19-25(27)17-21-10-11-22-8-4-5-9-24(22)16-21/h1-16,25,27H,17-19H2,(H,29,30)/t25-,27-/m0/s1. The zero-order valence-corrected chi connectivity index (χ0v) is 16.9. The molecule has 1 aliphatic rings. The lowest BCUT2D eigenvalue weighted by Crippen LogP contribution is -2.14. The van der Waals surface area contributed by atoms with Crippen molar-refractivity contribution < 1.29 is 4.79 Å². The van der Waals surface area contributed by atoms with Gasteiger partial charge in [0.25, 0.3) is 0 Å². The zero-order chi connectivity index (χ0) is 20.3. The van der Waals surface area contributed by atoms with E-state index in [0.29, 0.717) is 18.3 Å². The van der Waals surface area contributed by atoms with Crippen molar-refractivity contribution in [3.63, 3.8) is 0 Å². The molecule has 5 rings (SSSR count). The molecule has 0 unspecified atom stereocenters. The Balaban J connectivity index is 1.17. The smallest absolute Gasteiger partial charge is 0.228 e. The first-order chi connectivity index (χ1) is 14.7. The normalized spacial score (nSPS) is 17.6. The van der Waals surface area contributed by atoms with E-state index < -0.39 is 0 Å². The van der Waals surface area contributed by atoms with E-state index in [1.54, 1.807) is 0 Å². The van der Waals surface area contributed by atoms with E-state index in [9.17, 15) is 4.79 Å². The maximum atomic E-state index is 12.3. The van der Waals surface area contributed by atoms with Crippen molar-refractivity contribution in [3.8, 4) is 0 Å². The minimum atomic E-state index is 0.0227. The lowest BCUT2D eigenvalue weighted by molar-refractivity contribution is -0.115. The van der Waals surface area contributed by atoms with Gasteiger partial charge >= 0.3 is 0 Å². The molecule has 1 saturated carbocycles. The second-order valence-electron chi connectivity index (χ2n) is 8.32. The van der Waals surface area contributed by atoms with Gasteiger partial charge in [0.1, 0.15) is 0 Å². The minimum absolute atomic E-state index is 0.0227. The first-order valence-corrected chi connectivity index (χ1v) is 10.7. The lowest BCUT2D eigenvalue weighted by Gasteiger charge is -2.07. The van der Waals surface area contributed by atoms with Crippen LogP contribution in [-0.4, -0.2) is 5.91 Å². The SMILES string of the molecule is O=C(Cc1ccccc1)Nc1ccc([C@@H]2C[C@@H]2Cc2ccc3ccccc3c2)cc1. The van der Waals surface area contributed by atoms with E-state index in [4.69, 9.17) is 0 Å². The average molecular weight is 392 g/mol. The largest absolute Gasteiger partial charge is 0.326 e. The number of carbonyl (C=O) groups excluding carboxylic acids is 1. The van der Waals surface area contributed by atoms with Crippen molar-refractivity contribution in [1.82, 2.24) is 0 Å². The van der Waals surface area contributed by atoms with Crippen molar-refractivity contribution in [2.45, 2.75) is 25.2 Å². The Labute approximate surface area is 177 Å². The molecule has 2 heteroatoms. The molecule has 0 saturated heterocycles. The molecule has 1 amide bonds. The number of amides is 1. The van der Waals surface area contributed by atoms with Crippen molar-refractivity contribution >= 4 is 22.4 Å². The van der Waals surface area contributed by atoms with Gasteiger partial charge in [0, 0.05) is 5.69 Å². The van der Waals surface area contributed by atoms with Crippen LogP contribution in [0.2, 0.25) is 0 Å². The van der Waals surface area contributed by atoms with Crippen LogP contribution in [0.25, 0.3) is 10.8 Å². The van der Waals surface area contributed by atoms with Gasteiger partial charge < -0.3 is 5.32 Å². The molecule has 0 bridgehead atoms. The number of rotatable bonds is 6. The number of benzene rings is 4. The van der Waals surface area contributed by atoms with Gasteiger partial charge in [-0.15, -0.1) is 0 Å². The number of anilines is 1. The van der Waals surface area contributed by atoms with Crippen LogP contribution in [0.4, 0.5) is 5.69 Å². The van der Waals surface area contributed by atoms with E-state index >= 15 is 0 Å². The van der Waals surface area contributed by atoms with Gasteiger partial charge in [-0.3, -0.25) is 4.79 Å². The fraction of sp³-hybridized carbons (Fsp3) is 0.179. The molecule has 1 fully saturated rings. The fourth-order valence-corrected chi connectivity index (χ4v) is 4.35. The Kier molecular flexibility index (Phi) is 5.06. The van der Waals surface area contributed by atoms with E-state index in [-0.39, 0.29) is 5.91 Å². The summed E-state index contributed by atoms with van der Waals surface area (Å²) in [6, 6.07) is 33.6. The fourth-order valence-electron chi connectivity index (χ4n) is 4.35. The molecule has 0 radical (unpaired) electrons. The van der Waals surface area contributed by atoms with Gasteiger partial charge in [-0.1, -0.05) is 84.9 Å². The summed E-state index contributed by atoms with van der Waals surface area (Å²) in [6.07, 6.45) is 2.77. The Morgan fingerprint density at radius 2 is 1.50 bits per heavy atom. The molecule has 1 aliphatic carbocycles. The summed E-state index contributed by atoms with van der Waals surface area (Å²) in [4.78, 5) is 12.3. The predicted molar refractivity (Wildman–Crippen MR) is 124 cm³/mol. The molecule has 0 aromatic heterocycles. The lowest BCUT2D eigenvalue weighted by atomic mass is 10.0. The van der Waals surface area contributed by atoms with Crippen LogP contribution >= 0.6 is 0 Å². The summed E-state index contributed by atoms with van der Waals surface area (Å²) in [7, 11) is 0. The van der Waals surface area contributed by atoms with Crippen LogP contribution in [-0.2, 0) is 17.6 Å². The van der Waals surface area contributed by atoms with Crippen molar-refractivity contribution in [1.29, 1.82) is 0 Å². The Morgan fingerprint density at radius 3 is 2.30 bits per heavy atom. The number of carbonyl (C=O) groups is 1. The summed E-state index contributed by atoms with van der Waals surface area (Å²) in [5, 5.41) is 5.63. The summed E-state index contributed by atoms with van der Waals surface area (Å²) < 4.78 is 0. The second kappa shape index (κ2) is 8.16. The average Bonchev–Trinajstić information content (AvgIpc) is 3.54. The van der Waals surface area contributed by atoms with Gasteiger partial charge in [0.2, 0.25) is 5.91 Å². The highest BCUT2D eigenvalue weighted by molar-refractivity contribution is 5.92. The number of hydrogen-bond donors (Lipinski definition) is 1. The third-order valence-corrected chi connectivity index (χ3v) is 6.06. The highest BCUT2D eigenvalue weighted by Gasteiger charge is 2.37. The first kappa shape index (κ1) is 18.6. The zero-order valence-electron chi connectivity index (χ0n) is 16.9. The molecule has 4 aromatic rings. The van der Waals surface area contributed by atoms with Gasteiger partial charge in [0.15, 0.2) is 0 Å². The maximum Gasteiger partial charge on any atom is 0.228 e. The van der Waals surface area contributed by atoms with Gasteiger partial charge in [0.05, 0.1) is 6.42 Å². The number of fused-ring (bicyclic) bond motifs is 1. The van der Waals surface area contributed by atoms with Crippen LogP contribution in [0.3, 0.4) is 0 Å². The van der Waals surface area contributed by atoms with Crippen molar-refractivity contribution in [3.05, 3.63) is 114 Å². The number of hydrogen-bond acceptors (Lipinski definition) is 1. The van der Waals surface area contributed by atoms with Crippen LogP contribution in [0.1, 0.15) is 29.0 Å². The molecular formula is C28H25NO. The molecule has 4 aromatic carbocycles. The first-order valence-electron chi connectivity index (χ1n) is 10.7. The van der Waals surface area contributed by atoms with E-state index in [1.165, 1.54) is 28.3 Å². The molecule has 0 heterocycles. The summed E-state index contributed by atoms with van der Waals surface area (Å²) in [6.45, 7) is 0. The third-order valence-electron chi connectivity index (χ3n) is 6.06. The molecule has 30 heavy (non-hydrogen) atoms. The topological polar surface area (TPSA) is 29.1 Å². The summed E-state index contributed by atoms with van der Waals surface area (Å²) >= 11 is 0. The summed E-state index contributed by atoms with van der Waals surface area (Å²) in [5.74, 6) is 1.37. The number of nitrogens with one attached hydrogen (secondary N) is 1. The van der Waals surface area contributed by atoms with Crippen LogP contribution in [0, 0.1) is 5.92 Å². The van der Waals surface area contributed by atoms with Gasteiger partial charge in [-0.25, -0.2) is 0 Å². The Bertz CT molecular complexity index is 1160. The predicted octanol–water partition coefficient (Wildman–Crippen LogP) is 6.37. The van der Waals surface area contributed by atoms with Crippen molar-refractivity contribution in [2.24, 2.45) is 5.92 Å². The highest BCUT2D eigenvalue weighted by atomic mass is 16.1. The van der Waals surface area contributed by atoms with Crippen LogP contribution in [0.5, 0.6) is 0 Å². The summed E-state index contributed by atoms with van der Waals surface area (Å²) in [5.41, 5.74) is 4.69. The molecule has 148 valence electrons. The molecular weight excluding hydrogens is 366 g/mol. The van der Waals surface area contributed by atoms with Crippen molar-refractivity contribution in [2.75, 3.05) is 5.32 Å². The molecule has 2 atom stereocenters. The van der Waals surface area contributed by atoms with Crippen LogP contribution in [0.15, 0.2) is 97.1 Å². The Hall–Kier alpha value is -3.39. The second-order valence-corrected chi connectivity index (χ2v) is 8.32. The minimum Gasteiger partial charge on any atom is -0.326 e. The molecule has 0 spiro atoms. The molecule has 2 nitrogen and oxygen atoms in total. The quantitative estimate of drug-likeness (QED) is 0.407. The molecule has 0 aliphatic heterocycles. The Morgan fingerprint density at radius 1 is 0.767 bits per heavy atom. The molecule has 1 N–H and O–H groups in total. The van der Waals surface area contributed by atoms with Crippen LogP contribution < -0.4 is 5.32 Å². The highest BCUT2D eigenvalue weighted by Crippen LogP contribution is 2.49. The van der Waals surface area contributed by atoms with E-state index in [2.05, 4.69) is 59.9 Å². The van der Waals surface area contributed by atoms with Gasteiger partial charge in [-0.2, -0.15) is 0 Å². The van der Waals surface area contributed by atoms with E-state index in [1.807, 2.05) is 42.5 Å². The monoisotopic (exact) mass is 391 g/mol.